The van der Waals surface area contributed by atoms with Crippen molar-refractivity contribution in [2.24, 2.45) is 0 Å². The van der Waals surface area contributed by atoms with E-state index in [1.165, 1.54) is 4.90 Å². The van der Waals surface area contributed by atoms with Crippen molar-refractivity contribution in [3.63, 3.8) is 0 Å². The molecule has 1 atom stereocenters. The first-order valence-corrected chi connectivity index (χ1v) is 11.4. The van der Waals surface area contributed by atoms with Gasteiger partial charge in [0.15, 0.2) is 0 Å². The van der Waals surface area contributed by atoms with E-state index in [0.717, 1.165) is 49.8 Å². The zero-order valence-corrected chi connectivity index (χ0v) is 19.4. The standard InChI is InChI=1S/C24H38N2O5/c1-5-6-9-19-11-12-20(16-22(19)31-15-8-14-30-4)23(27)26(18(2)3)21-10-7-13-25(17-21)24(28)29/h11-12,16,18,21H,5-10,13-15,17H2,1-4H3,(H,28,29)/t21-/m1/s1. The minimum Gasteiger partial charge on any atom is -0.493 e. The number of methoxy groups -OCH3 is 1. The molecule has 0 aliphatic carbocycles. The summed E-state index contributed by atoms with van der Waals surface area (Å²) in [5.74, 6) is 0.686. The van der Waals surface area contributed by atoms with E-state index < -0.39 is 6.09 Å². The summed E-state index contributed by atoms with van der Waals surface area (Å²) < 4.78 is 11.1. The molecular formula is C24H38N2O5. The number of carbonyl (C=O) groups is 2. The van der Waals surface area contributed by atoms with Crippen LogP contribution in [0.5, 0.6) is 5.75 Å². The lowest BCUT2D eigenvalue weighted by atomic mass is 10.00. The zero-order valence-electron chi connectivity index (χ0n) is 19.4. The number of nitrogens with zero attached hydrogens (tertiary/aromatic N) is 2. The summed E-state index contributed by atoms with van der Waals surface area (Å²) in [6.07, 6.45) is 4.49. The molecule has 174 valence electrons. The van der Waals surface area contributed by atoms with Crippen LogP contribution in [0.4, 0.5) is 4.79 Å². The van der Waals surface area contributed by atoms with E-state index in [-0.39, 0.29) is 18.0 Å². The molecule has 1 heterocycles. The minimum absolute atomic E-state index is 0.0305. The fraction of sp³-hybridized carbons (Fsp3) is 0.667. The number of hydrogen-bond donors (Lipinski definition) is 1. The first-order valence-electron chi connectivity index (χ1n) is 11.4. The van der Waals surface area contributed by atoms with Crippen molar-refractivity contribution in [2.45, 2.75) is 71.4 Å². The SMILES string of the molecule is CCCCc1ccc(C(=O)N(C(C)C)[C@@H]2CCCN(C(=O)O)C2)cc1OCCCOC. The van der Waals surface area contributed by atoms with Crippen LogP contribution >= 0.6 is 0 Å². The molecular weight excluding hydrogens is 396 g/mol. The Balaban J connectivity index is 2.24. The Morgan fingerprint density at radius 3 is 2.68 bits per heavy atom. The van der Waals surface area contributed by atoms with Gasteiger partial charge in [-0.2, -0.15) is 0 Å². The first kappa shape index (κ1) is 25.0. The number of likely N-dealkylation sites (tertiary alicyclic amines) is 1. The highest BCUT2D eigenvalue weighted by Crippen LogP contribution is 2.26. The third kappa shape index (κ3) is 7.13. The largest absolute Gasteiger partial charge is 0.493 e. The Hall–Kier alpha value is -2.28. The van der Waals surface area contributed by atoms with Crippen molar-refractivity contribution in [3.8, 4) is 5.75 Å². The average molecular weight is 435 g/mol. The van der Waals surface area contributed by atoms with Crippen LogP contribution in [0.25, 0.3) is 0 Å². The van der Waals surface area contributed by atoms with Gasteiger partial charge in [-0.15, -0.1) is 0 Å². The number of carbonyl (C=O) groups excluding carboxylic acids is 1. The number of aryl methyl sites for hydroxylation is 1. The molecule has 0 aromatic heterocycles. The van der Waals surface area contributed by atoms with E-state index in [1.54, 1.807) is 7.11 Å². The Morgan fingerprint density at radius 1 is 1.26 bits per heavy atom. The Kier molecular flexibility index (Phi) is 10.1. The molecule has 1 fully saturated rings. The Morgan fingerprint density at radius 2 is 2.03 bits per heavy atom. The van der Waals surface area contributed by atoms with Gasteiger partial charge < -0.3 is 24.4 Å². The van der Waals surface area contributed by atoms with Crippen molar-refractivity contribution >= 4 is 12.0 Å². The predicted octanol–water partition coefficient (Wildman–Crippen LogP) is 4.44. The smallest absolute Gasteiger partial charge is 0.407 e. The molecule has 1 aromatic carbocycles. The highest BCUT2D eigenvalue weighted by Gasteiger charge is 2.32. The summed E-state index contributed by atoms with van der Waals surface area (Å²) in [5, 5.41) is 9.39. The zero-order chi connectivity index (χ0) is 22.8. The molecule has 2 amide bonds. The van der Waals surface area contributed by atoms with Gasteiger partial charge in [0.05, 0.1) is 12.6 Å². The lowest BCUT2D eigenvalue weighted by Crippen LogP contribution is -2.53. The molecule has 1 aromatic rings. The van der Waals surface area contributed by atoms with E-state index in [0.29, 0.717) is 31.9 Å². The molecule has 1 saturated heterocycles. The van der Waals surface area contributed by atoms with Gasteiger partial charge in [0.1, 0.15) is 5.75 Å². The molecule has 0 saturated carbocycles. The van der Waals surface area contributed by atoms with Crippen LogP contribution in [-0.4, -0.2) is 72.4 Å². The van der Waals surface area contributed by atoms with Gasteiger partial charge in [-0.1, -0.05) is 19.4 Å². The highest BCUT2D eigenvalue weighted by molar-refractivity contribution is 5.95. The van der Waals surface area contributed by atoms with Gasteiger partial charge in [0, 0.05) is 44.8 Å². The molecule has 1 aliphatic heterocycles. The van der Waals surface area contributed by atoms with E-state index in [1.807, 2.05) is 36.9 Å². The number of benzene rings is 1. The van der Waals surface area contributed by atoms with Crippen LogP contribution in [0.2, 0.25) is 0 Å². The van der Waals surface area contributed by atoms with Crippen LogP contribution in [-0.2, 0) is 11.2 Å². The number of carboxylic acid groups (broad SMARTS) is 1. The third-order valence-electron chi connectivity index (χ3n) is 5.72. The number of amides is 2. The summed E-state index contributed by atoms with van der Waals surface area (Å²) in [6.45, 7) is 8.17. The number of ether oxygens (including phenoxy) is 2. The van der Waals surface area contributed by atoms with E-state index >= 15 is 0 Å². The maximum atomic E-state index is 13.5. The lowest BCUT2D eigenvalue weighted by molar-refractivity contribution is 0.0449. The van der Waals surface area contributed by atoms with Crippen LogP contribution in [0, 0.1) is 0 Å². The van der Waals surface area contributed by atoms with E-state index in [4.69, 9.17) is 9.47 Å². The van der Waals surface area contributed by atoms with E-state index in [2.05, 4.69) is 6.92 Å². The quantitative estimate of drug-likeness (QED) is 0.521. The fourth-order valence-corrected chi connectivity index (χ4v) is 4.11. The third-order valence-corrected chi connectivity index (χ3v) is 5.72. The molecule has 1 aliphatic rings. The van der Waals surface area contributed by atoms with Crippen LogP contribution in [0.1, 0.15) is 68.8 Å². The number of unbranched alkanes of at least 4 members (excludes halogenated alkanes) is 1. The normalized spacial score (nSPS) is 16.4. The second-order valence-electron chi connectivity index (χ2n) is 8.45. The van der Waals surface area contributed by atoms with Crippen LogP contribution in [0.15, 0.2) is 18.2 Å². The van der Waals surface area contributed by atoms with Crippen molar-refractivity contribution in [1.29, 1.82) is 0 Å². The summed E-state index contributed by atoms with van der Waals surface area (Å²) >= 11 is 0. The van der Waals surface area contributed by atoms with Crippen LogP contribution in [0.3, 0.4) is 0 Å². The number of hydrogen-bond acceptors (Lipinski definition) is 4. The number of piperidine rings is 1. The summed E-state index contributed by atoms with van der Waals surface area (Å²) in [7, 11) is 1.67. The maximum Gasteiger partial charge on any atom is 0.407 e. The van der Waals surface area contributed by atoms with E-state index in [9.17, 15) is 14.7 Å². The van der Waals surface area contributed by atoms with Crippen molar-refractivity contribution in [1.82, 2.24) is 9.80 Å². The molecule has 1 N–H and O–H groups in total. The molecule has 0 unspecified atom stereocenters. The van der Waals surface area contributed by atoms with Crippen molar-refractivity contribution in [2.75, 3.05) is 33.4 Å². The van der Waals surface area contributed by atoms with Crippen LogP contribution < -0.4 is 4.74 Å². The molecule has 7 heteroatoms. The summed E-state index contributed by atoms with van der Waals surface area (Å²) in [4.78, 5) is 28.2. The lowest BCUT2D eigenvalue weighted by Gasteiger charge is -2.40. The van der Waals surface area contributed by atoms with Gasteiger partial charge in [-0.05, 0) is 57.2 Å². The number of rotatable bonds is 11. The van der Waals surface area contributed by atoms with Gasteiger partial charge in [-0.3, -0.25) is 4.79 Å². The fourth-order valence-electron chi connectivity index (χ4n) is 4.11. The predicted molar refractivity (Wildman–Crippen MR) is 121 cm³/mol. The van der Waals surface area contributed by atoms with Crippen molar-refractivity contribution in [3.05, 3.63) is 29.3 Å². The van der Waals surface area contributed by atoms with Gasteiger partial charge in [0.25, 0.3) is 5.91 Å². The monoisotopic (exact) mass is 434 g/mol. The summed E-state index contributed by atoms with van der Waals surface area (Å²) in [6, 6.07) is 5.58. The minimum atomic E-state index is -0.923. The molecule has 31 heavy (non-hydrogen) atoms. The maximum absolute atomic E-state index is 13.5. The highest BCUT2D eigenvalue weighted by atomic mass is 16.5. The second-order valence-corrected chi connectivity index (χ2v) is 8.45. The van der Waals surface area contributed by atoms with Gasteiger partial charge in [0.2, 0.25) is 0 Å². The first-order chi connectivity index (χ1) is 14.9. The molecule has 0 radical (unpaired) electrons. The Labute approximate surface area is 186 Å². The summed E-state index contributed by atoms with van der Waals surface area (Å²) in [5.41, 5.74) is 1.70. The molecule has 7 nitrogen and oxygen atoms in total. The van der Waals surface area contributed by atoms with Crippen molar-refractivity contribution < 1.29 is 24.2 Å². The second kappa shape index (κ2) is 12.5. The molecule has 2 rings (SSSR count). The molecule has 0 spiro atoms. The Bertz CT molecular complexity index is 722. The van der Waals surface area contributed by atoms with Gasteiger partial charge >= 0.3 is 6.09 Å². The topological polar surface area (TPSA) is 79.3 Å². The van der Waals surface area contributed by atoms with Gasteiger partial charge in [-0.25, -0.2) is 4.79 Å². The molecule has 0 bridgehead atoms. The average Bonchev–Trinajstić information content (AvgIpc) is 2.75.